The van der Waals surface area contributed by atoms with Crippen LogP contribution >= 0.6 is 0 Å². The highest BCUT2D eigenvalue weighted by atomic mass is 16.5. The van der Waals surface area contributed by atoms with Crippen LogP contribution in [0.25, 0.3) is 11.1 Å². The van der Waals surface area contributed by atoms with Gasteiger partial charge in [0.25, 0.3) is 0 Å². The summed E-state index contributed by atoms with van der Waals surface area (Å²) in [5.41, 5.74) is 2.63. The van der Waals surface area contributed by atoms with E-state index < -0.39 is 30.0 Å². The topological polar surface area (TPSA) is 152 Å². The number of carbonyl (C=O) groups is 3. The van der Waals surface area contributed by atoms with Crippen LogP contribution < -0.4 is 35.6 Å². The van der Waals surface area contributed by atoms with Crippen LogP contribution in [0.2, 0.25) is 0 Å². The normalized spacial score (nSPS) is 15.9. The molecule has 0 aliphatic heterocycles. The zero-order valence-corrected chi connectivity index (χ0v) is 26.8. The van der Waals surface area contributed by atoms with Gasteiger partial charge in [-0.25, -0.2) is 4.79 Å². The monoisotopic (exact) mass is 611 g/mol. The maximum Gasteiger partial charge on any atom is 0.326 e. The summed E-state index contributed by atoms with van der Waals surface area (Å²) >= 11 is 0. The number of carbonyl (C=O) groups excluding carboxylic acids is 2. The fourth-order valence-corrected chi connectivity index (χ4v) is 5.65. The predicted molar refractivity (Wildman–Crippen MR) is 169 cm³/mol. The van der Waals surface area contributed by atoms with Gasteiger partial charge in [-0.3, -0.25) is 14.4 Å². The number of fused-ring (bicyclic) bond motifs is 3. The van der Waals surface area contributed by atoms with Crippen LogP contribution in [-0.2, 0) is 20.8 Å². The molecule has 1 aliphatic carbocycles. The molecule has 4 atom stereocenters. The van der Waals surface area contributed by atoms with Crippen LogP contribution in [-0.4, -0.2) is 56.3 Å². The smallest absolute Gasteiger partial charge is 0.326 e. The van der Waals surface area contributed by atoms with Crippen molar-refractivity contribution in [3.8, 4) is 28.4 Å². The molecule has 0 aromatic heterocycles. The van der Waals surface area contributed by atoms with Crippen LogP contribution in [0.1, 0.15) is 71.0 Å². The number of carboxylic acid groups (broad SMARTS) is 1. The van der Waals surface area contributed by atoms with E-state index >= 15 is 0 Å². The summed E-state index contributed by atoms with van der Waals surface area (Å²) in [6, 6.07) is 4.33. The van der Waals surface area contributed by atoms with E-state index in [1.807, 2.05) is 26.8 Å². The van der Waals surface area contributed by atoms with E-state index in [4.69, 9.17) is 14.2 Å². The van der Waals surface area contributed by atoms with Gasteiger partial charge in [0.2, 0.25) is 23.0 Å². The minimum atomic E-state index is -1.11. The zero-order chi connectivity index (χ0) is 32.7. The molecule has 0 radical (unpaired) electrons. The molecule has 11 heteroatoms. The number of rotatable bonds is 13. The molecular formula is C33H45N3O8. The summed E-state index contributed by atoms with van der Waals surface area (Å²) in [6.07, 6.45) is 2.00. The number of amides is 2. The lowest BCUT2D eigenvalue weighted by Gasteiger charge is -2.25. The standard InChI is InChI=1S/C33H45N3O8/c1-9-18(4)29(33(40)41)36-32(39)25(14-17(2)3)35-24-13-11-21-22(16-26(24)38)23(34-19(5)37)12-10-20-15-27(42-6)30(43-7)31(44-8)28(20)21/h11,13,15-18,23,25,29H,9-10,12,14H2,1-8H3,(H,34,37)(H,35,38)(H,36,39)(H,40,41)/t18-,23+,25+,29+/m0/s1. The molecule has 2 aromatic carbocycles. The van der Waals surface area contributed by atoms with Crippen LogP contribution in [0.5, 0.6) is 17.2 Å². The van der Waals surface area contributed by atoms with E-state index in [0.29, 0.717) is 59.6 Å². The zero-order valence-electron chi connectivity index (χ0n) is 26.8. The third-order valence-electron chi connectivity index (χ3n) is 8.05. The first-order valence-corrected chi connectivity index (χ1v) is 14.9. The van der Waals surface area contributed by atoms with E-state index in [0.717, 1.165) is 5.56 Å². The van der Waals surface area contributed by atoms with Gasteiger partial charge in [-0.05, 0) is 66.0 Å². The molecule has 0 bridgehead atoms. The highest BCUT2D eigenvalue weighted by molar-refractivity contribution is 5.89. The van der Waals surface area contributed by atoms with Gasteiger partial charge in [0, 0.05) is 12.5 Å². The molecule has 2 aromatic rings. The maximum atomic E-state index is 13.8. The Balaban J connectivity index is 2.20. The number of hydrogen-bond donors (Lipinski definition) is 4. The van der Waals surface area contributed by atoms with E-state index in [1.54, 1.807) is 26.2 Å². The molecule has 0 unspecified atom stereocenters. The Morgan fingerprint density at radius 3 is 2.25 bits per heavy atom. The number of nitrogens with one attached hydrogen (secondary N) is 3. The van der Waals surface area contributed by atoms with Gasteiger partial charge < -0.3 is 35.3 Å². The number of anilines is 1. The number of benzene rings is 1. The molecule has 240 valence electrons. The Morgan fingerprint density at radius 2 is 1.70 bits per heavy atom. The summed E-state index contributed by atoms with van der Waals surface area (Å²) in [5, 5.41) is 18.5. The highest BCUT2D eigenvalue weighted by Crippen LogP contribution is 2.50. The van der Waals surface area contributed by atoms with Crippen LogP contribution in [0.15, 0.2) is 29.1 Å². The molecule has 11 nitrogen and oxygen atoms in total. The predicted octanol–water partition coefficient (Wildman–Crippen LogP) is 4.31. The number of hydrogen-bond acceptors (Lipinski definition) is 8. The van der Waals surface area contributed by atoms with Crippen LogP contribution in [0.3, 0.4) is 0 Å². The van der Waals surface area contributed by atoms with Crippen molar-refractivity contribution in [2.75, 3.05) is 26.6 Å². The maximum absolute atomic E-state index is 13.8. The lowest BCUT2D eigenvalue weighted by Crippen LogP contribution is -2.51. The summed E-state index contributed by atoms with van der Waals surface area (Å²) in [4.78, 5) is 51.4. The fourth-order valence-electron chi connectivity index (χ4n) is 5.65. The van der Waals surface area contributed by atoms with Crippen molar-refractivity contribution >= 4 is 23.5 Å². The Kier molecular flexibility index (Phi) is 11.6. The number of aryl methyl sites for hydroxylation is 1. The first kappa shape index (κ1) is 34.2. The van der Waals surface area contributed by atoms with E-state index in [2.05, 4.69) is 16.0 Å². The number of methoxy groups -OCH3 is 3. The van der Waals surface area contributed by atoms with Crippen molar-refractivity contribution in [2.24, 2.45) is 11.8 Å². The molecule has 0 saturated heterocycles. The Hall–Kier alpha value is -4.28. The first-order valence-electron chi connectivity index (χ1n) is 14.9. The number of ether oxygens (including phenoxy) is 3. The summed E-state index contributed by atoms with van der Waals surface area (Å²) < 4.78 is 17.1. The Morgan fingerprint density at radius 1 is 1.02 bits per heavy atom. The molecule has 0 fully saturated rings. The van der Waals surface area contributed by atoms with Gasteiger partial charge in [0.1, 0.15) is 12.1 Å². The third-order valence-corrected chi connectivity index (χ3v) is 8.05. The lowest BCUT2D eigenvalue weighted by atomic mass is 9.95. The molecule has 4 N–H and O–H groups in total. The fraction of sp³-hybridized carbons (Fsp3) is 0.515. The second-order valence-corrected chi connectivity index (χ2v) is 11.6. The molecule has 0 saturated carbocycles. The minimum Gasteiger partial charge on any atom is -0.493 e. The lowest BCUT2D eigenvalue weighted by molar-refractivity contribution is -0.143. The van der Waals surface area contributed by atoms with Gasteiger partial charge >= 0.3 is 5.97 Å². The van der Waals surface area contributed by atoms with Gasteiger partial charge in [-0.1, -0.05) is 40.2 Å². The highest BCUT2D eigenvalue weighted by Gasteiger charge is 2.31. The van der Waals surface area contributed by atoms with Crippen LogP contribution in [0, 0.1) is 11.8 Å². The van der Waals surface area contributed by atoms with Crippen LogP contribution in [0.4, 0.5) is 5.69 Å². The third kappa shape index (κ3) is 7.62. The second kappa shape index (κ2) is 14.9. The Bertz CT molecular complexity index is 1440. The van der Waals surface area contributed by atoms with E-state index in [-0.39, 0.29) is 28.9 Å². The van der Waals surface area contributed by atoms with Crippen molar-refractivity contribution in [2.45, 2.75) is 78.4 Å². The second-order valence-electron chi connectivity index (χ2n) is 11.6. The molecule has 1 aliphatic rings. The summed E-state index contributed by atoms with van der Waals surface area (Å²) in [6.45, 7) is 8.95. The van der Waals surface area contributed by atoms with Crippen molar-refractivity contribution in [3.05, 3.63) is 45.6 Å². The van der Waals surface area contributed by atoms with Crippen molar-refractivity contribution < 1.29 is 33.7 Å². The number of carboxylic acids is 1. The minimum absolute atomic E-state index is 0.0668. The summed E-state index contributed by atoms with van der Waals surface area (Å²) in [7, 11) is 4.59. The Labute approximate surface area is 258 Å². The van der Waals surface area contributed by atoms with Crippen molar-refractivity contribution in [1.29, 1.82) is 0 Å². The van der Waals surface area contributed by atoms with Gasteiger partial charge in [0.05, 0.1) is 33.1 Å². The molecule has 0 heterocycles. The average molecular weight is 612 g/mol. The van der Waals surface area contributed by atoms with E-state index in [9.17, 15) is 24.3 Å². The average Bonchev–Trinajstić information content (AvgIpc) is 3.21. The van der Waals surface area contributed by atoms with E-state index in [1.165, 1.54) is 27.2 Å². The quantitative estimate of drug-likeness (QED) is 0.260. The molecule has 3 rings (SSSR count). The SMILES string of the molecule is CC[C@H](C)[C@@H](NC(=O)[C@@H](CC(C)C)Nc1ccc2c(cc1=O)[C@H](NC(C)=O)CCc1cc(OC)c(OC)c(OC)c1-2)C(=O)O. The summed E-state index contributed by atoms with van der Waals surface area (Å²) in [5.74, 6) is -0.749. The molecule has 2 amide bonds. The van der Waals surface area contributed by atoms with Gasteiger partial charge in [-0.15, -0.1) is 0 Å². The molecule has 44 heavy (non-hydrogen) atoms. The number of aliphatic carboxylic acids is 1. The first-order chi connectivity index (χ1) is 20.9. The van der Waals surface area contributed by atoms with Crippen molar-refractivity contribution in [3.63, 3.8) is 0 Å². The van der Waals surface area contributed by atoms with Gasteiger partial charge in [0.15, 0.2) is 11.5 Å². The van der Waals surface area contributed by atoms with Crippen molar-refractivity contribution in [1.82, 2.24) is 10.6 Å². The largest absolute Gasteiger partial charge is 0.493 e. The molecule has 0 spiro atoms. The molecular weight excluding hydrogens is 566 g/mol. The van der Waals surface area contributed by atoms with Gasteiger partial charge in [-0.2, -0.15) is 0 Å².